The van der Waals surface area contributed by atoms with Gasteiger partial charge in [-0.15, -0.1) is 0 Å². The maximum atomic E-state index is 11.4. The number of aromatic nitrogens is 1. The van der Waals surface area contributed by atoms with E-state index < -0.39 is 5.91 Å². The fourth-order valence-electron chi connectivity index (χ4n) is 0.973. The summed E-state index contributed by atoms with van der Waals surface area (Å²) in [6.45, 7) is 0.289. The molecule has 1 N–H and O–H groups in total. The second kappa shape index (κ2) is 6.14. The van der Waals surface area contributed by atoms with Crippen molar-refractivity contribution >= 4 is 11.6 Å². The normalized spacial score (nSPS) is 10.4. The lowest BCUT2D eigenvalue weighted by Crippen LogP contribution is -2.29. The fourth-order valence-corrected chi connectivity index (χ4v) is 0.973. The number of carbonyl (C=O) groups excluding carboxylic acids is 1. The summed E-state index contributed by atoms with van der Waals surface area (Å²) in [5, 5.41) is 14.4. The molecule has 0 unspecified atom stereocenters. The van der Waals surface area contributed by atoms with Gasteiger partial charge in [-0.3, -0.25) is 9.78 Å². The molecule has 16 heavy (non-hydrogen) atoms. The quantitative estimate of drug-likeness (QED) is 0.578. The van der Waals surface area contributed by atoms with Crippen LogP contribution in [0.3, 0.4) is 0 Å². The Balaban J connectivity index is 2.54. The molecule has 0 aliphatic rings. The zero-order chi connectivity index (χ0) is 11.8. The summed E-state index contributed by atoms with van der Waals surface area (Å²) in [7, 11) is 1.27. The number of amides is 1. The van der Waals surface area contributed by atoms with Crippen molar-refractivity contribution in [2.45, 2.75) is 6.54 Å². The minimum atomic E-state index is -0.576. The second-order valence-corrected chi connectivity index (χ2v) is 2.78. The second-order valence-electron chi connectivity index (χ2n) is 2.78. The number of hydrogen-bond donors (Lipinski definition) is 1. The molecule has 1 rings (SSSR count). The highest BCUT2D eigenvalue weighted by atomic mass is 16.6. The molecule has 6 heteroatoms. The van der Waals surface area contributed by atoms with Gasteiger partial charge in [-0.05, 0) is 11.6 Å². The average Bonchev–Trinajstić information content (AvgIpc) is 2.34. The molecule has 0 spiro atoms. The number of nitrogens with zero attached hydrogens (tertiary/aromatic N) is 3. The van der Waals surface area contributed by atoms with Gasteiger partial charge in [0.2, 0.25) is 5.71 Å². The zero-order valence-electron chi connectivity index (χ0n) is 8.67. The van der Waals surface area contributed by atoms with Crippen molar-refractivity contribution in [2.24, 2.45) is 5.16 Å². The van der Waals surface area contributed by atoms with E-state index in [9.17, 15) is 4.79 Å². The van der Waals surface area contributed by atoms with Crippen molar-refractivity contribution in [3.05, 3.63) is 30.1 Å². The lowest BCUT2D eigenvalue weighted by atomic mass is 10.3. The summed E-state index contributed by atoms with van der Waals surface area (Å²) < 4.78 is 0. The van der Waals surface area contributed by atoms with Crippen LogP contribution in [0, 0.1) is 11.3 Å². The third-order valence-electron chi connectivity index (χ3n) is 1.68. The summed E-state index contributed by atoms with van der Waals surface area (Å²) in [4.78, 5) is 19.6. The van der Waals surface area contributed by atoms with E-state index in [0.29, 0.717) is 0 Å². The van der Waals surface area contributed by atoms with Gasteiger partial charge in [-0.25, -0.2) is 0 Å². The van der Waals surface area contributed by atoms with Gasteiger partial charge in [0.1, 0.15) is 13.2 Å². The molecule has 0 fully saturated rings. The number of hydrogen-bond acceptors (Lipinski definition) is 5. The molecular formula is C10H10N4O2. The molecule has 0 aliphatic carbocycles. The molecule has 0 radical (unpaired) electrons. The fraction of sp³-hybridized carbons (Fsp3) is 0.200. The predicted molar refractivity (Wildman–Crippen MR) is 56.1 cm³/mol. The number of carbonyl (C=O) groups is 1. The van der Waals surface area contributed by atoms with Gasteiger partial charge in [0, 0.05) is 18.9 Å². The predicted octanol–water partition coefficient (Wildman–Crippen LogP) is 0.224. The molecule has 6 nitrogen and oxygen atoms in total. The van der Waals surface area contributed by atoms with Crippen LogP contribution >= 0.6 is 0 Å². The Morgan fingerprint density at radius 1 is 1.75 bits per heavy atom. The minimum absolute atomic E-state index is 0.289. The van der Waals surface area contributed by atoms with Crippen LogP contribution in [-0.4, -0.2) is 23.7 Å². The molecule has 0 saturated heterocycles. The summed E-state index contributed by atoms with van der Waals surface area (Å²) in [6.07, 6.45) is 3.26. The highest BCUT2D eigenvalue weighted by molar-refractivity contribution is 6.44. The van der Waals surface area contributed by atoms with Crippen molar-refractivity contribution in [3.8, 4) is 6.07 Å². The standard InChI is InChI=1S/C10H10N4O2/c1-16-14-9(5-11)10(15)13-7-8-3-2-4-12-6-8/h2-4,6H,7H2,1H3,(H,13,15)/b14-9+. The summed E-state index contributed by atoms with van der Waals surface area (Å²) in [5.41, 5.74) is 0.525. The number of oxime groups is 1. The van der Waals surface area contributed by atoms with Crippen LogP contribution in [0.1, 0.15) is 5.56 Å². The molecule has 0 atom stereocenters. The van der Waals surface area contributed by atoms with E-state index in [1.807, 2.05) is 6.07 Å². The van der Waals surface area contributed by atoms with Crippen LogP contribution in [0.2, 0.25) is 0 Å². The molecule has 1 aromatic rings. The van der Waals surface area contributed by atoms with E-state index in [2.05, 4.69) is 20.3 Å². The third kappa shape index (κ3) is 3.38. The van der Waals surface area contributed by atoms with Gasteiger partial charge in [-0.1, -0.05) is 11.2 Å². The maximum absolute atomic E-state index is 11.4. The first-order chi connectivity index (χ1) is 7.77. The van der Waals surface area contributed by atoms with Crippen molar-refractivity contribution in [3.63, 3.8) is 0 Å². The van der Waals surface area contributed by atoms with Crippen molar-refractivity contribution in [1.82, 2.24) is 10.3 Å². The molecule has 0 aromatic carbocycles. The Hall–Kier alpha value is -2.42. The van der Waals surface area contributed by atoms with Crippen LogP contribution < -0.4 is 5.32 Å². The van der Waals surface area contributed by atoms with Crippen molar-refractivity contribution in [1.29, 1.82) is 5.26 Å². The van der Waals surface area contributed by atoms with Crippen molar-refractivity contribution < 1.29 is 9.63 Å². The maximum Gasteiger partial charge on any atom is 0.284 e. The number of nitriles is 1. The molecule has 82 valence electrons. The first-order valence-electron chi connectivity index (χ1n) is 4.46. The van der Waals surface area contributed by atoms with Gasteiger partial charge in [0.15, 0.2) is 0 Å². The molecule has 1 amide bonds. The topological polar surface area (TPSA) is 87.4 Å². The third-order valence-corrected chi connectivity index (χ3v) is 1.68. The van der Waals surface area contributed by atoms with Crippen LogP contribution in [-0.2, 0) is 16.2 Å². The summed E-state index contributed by atoms with van der Waals surface area (Å²) in [6, 6.07) is 5.21. The Bertz CT molecular complexity index is 422. The Morgan fingerprint density at radius 2 is 2.56 bits per heavy atom. The first-order valence-corrected chi connectivity index (χ1v) is 4.46. The van der Waals surface area contributed by atoms with E-state index in [4.69, 9.17) is 5.26 Å². The minimum Gasteiger partial charge on any atom is -0.398 e. The van der Waals surface area contributed by atoms with Gasteiger partial charge >= 0.3 is 0 Å². The van der Waals surface area contributed by atoms with Crippen molar-refractivity contribution in [2.75, 3.05) is 7.11 Å². The average molecular weight is 218 g/mol. The number of rotatable bonds is 4. The Kier molecular flexibility index (Phi) is 4.47. The van der Waals surface area contributed by atoms with Crippen LogP contribution in [0.4, 0.5) is 0 Å². The molecule has 0 bridgehead atoms. The Labute approximate surface area is 92.5 Å². The lowest BCUT2D eigenvalue weighted by Gasteiger charge is -2.02. The SMILES string of the molecule is CO/N=C(\C#N)C(=O)NCc1cccnc1. The number of pyridine rings is 1. The van der Waals surface area contributed by atoms with Crippen LogP contribution in [0.15, 0.2) is 29.7 Å². The van der Waals surface area contributed by atoms with Crippen LogP contribution in [0.25, 0.3) is 0 Å². The monoisotopic (exact) mass is 218 g/mol. The smallest absolute Gasteiger partial charge is 0.284 e. The summed E-state index contributed by atoms with van der Waals surface area (Å²) in [5.74, 6) is -0.576. The van der Waals surface area contributed by atoms with Gasteiger partial charge < -0.3 is 10.2 Å². The van der Waals surface area contributed by atoms with E-state index in [1.165, 1.54) is 7.11 Å². The first kappa shape index (κ1) is 11.7. The van der Waals surface area contributed by atoms with E-state index in [0.717, 1.165) is 5.56 Å². The largest absolute Gasteiger partial charge is 0.398 e. The van der Waals surface area contributed by atoms with Gasteiger partial charge in [-0.2, -0.15) is 5.26 Å². The zero-order valence-corrected chi connectivity index (χ0v) is 8.67. The van der Waals surface area contributed by atoms with E-state index in [1.54, 1.807) is 24.5 Å². The molecular weight excluding hydrogens is 208 g/mol. The molecule has 0 saturated carbocycles. The van der Waals surface area contributed by atoms with Gasteiger partial charge in [0.05, 0.1) is 0 Å². The molecule has 0 aliphatic heterocycles. The van der Waals surface area contributed by atoms with Crippen LogP contribution in [0.5, 0.6) is 0 Å². The Morgan fingerprint density at radius 3 is 3.12 bits per heavy atom. The lowest BCUT2D eigenvalue weighted by molar-refractivity contribution is -0.115. The van der Waals surface area contributed by atoms with E-state index >= 15 is 0 Å². The molecule has 1 heterocycles. The summed E-state index contributed by atoms with van der Waals surface area (Å²) >= 11 is 0. The number of nitrogens with one attached hydrogen (secondary N) is 1. The van der Waals surface area contributed by atoms with Gasteiger partial charge in [0.25, 0.3) is 5.91 Å². The highest BCUT2D eigenvalue weighted by Gasteiger charge is 2.10. The van der Waals surface area contributed by atoms with E-state index in [-0.39, 0.29) is 12.3 Å². The molecule has 1 aromatic heterocycles. The highest BCUT2D eigenvalue weighted by Crippen LogP contribution is 1.94.